The minimum absolute atomic E-state index is 0.249. The van der Waals surface area contributed by atoms with Crippen LogP contribution in [0.2, 0.25) is 0 Å². The number of halogens is 1. The third-order valence-corrected chi connectivity index (χ3v) is 1.81. The molecule has 0 amide bonds. The zero-order valence-corrected chi connectivity index (χ0v) is 7.48. The van der Waals surface area contributed by atoms with Crippen molar-refractivity contribution in [2.24, 2.45) is 0 Å². The van der Waals surface area contributed by atoms with E-state index in [2.05, 4.69) is 0 Å². The van der Waals surface area contributed by atoms with Gasteiger partial charge in [0.25, 0.3) is 0 Å². The van der Waals surface area contributed by atoms with Crippen LogP contribution < -0.4 is 4.74 Å². The lowest BCUT2D eigenvalue weighted by atomic mass is 10.3. The van der Waals surface area contributed by atoms with E-state index in [4.69, 9.17) is 4.74 Å². The molecule has 1 nitrogen and oxygen atoms in total. The van der Waals surface area contributed by atoms with Crippen LogP contribution in [0.4, 0.5) is 4.39 Å². The molecule has 0 saturated carbocycles. The molecule has 0 bridgehead atoms. The molecule has 0 fully saturated rings. The summed E-state index contributed by atoms with van der Waals surface area (Å²) in [6, 6.07) is 15.5. The van der Waals surface area contributed by atoms with Gasteiger partial charge in [0.15, 0.2) is 11.6 Å². The molecule has 0 radical (unpaired) electrons. The molecule has 0 spiro atoms. The molecule has 0 atom stereocenters. The van der Waals surface area contributed by atoms with Gasteiger partial charge in [-0.05, 0) is 24.3 Å². The summed E-state index contributed by atoms with van der Waals surface area (Å²) in [7, 11) is 0. The van der Waals surface area contributed by atoms with Crippen LogP contribution in [0.25, 0.3) is 0 Å². The fourth-order valence-corrected chi connectivity index (χ4v) is 1.14. The fraction of sp³-hybridized carbons (Fsp3) is 0. The molecular formula is C12H9FO. The number of hydrogen-bond acceptors (Lipinski definition) is 1. The van der Waals surface area contributed by atoms with Crippen molar-refractivity contribution in [2.75, 3.05) is 0 Å². The second-order valence-corrected chi connectivity index (χ2v) is 2.85. The normalized spacial score (nSPS) is 9.79. The Morgan fingerprint density at radius 2 is 1.43 bits per heavy atom. The molecule has 70 valence electrons. The topological polar surface area (TPSA) is 9.23 Å². The Bertz CT molecular complexity index is 412. The van der Waals surface area contributed by atoms with E-state index >= 15 is 0 Å². The van der Waals surface area contributed by atoms with Gasteiger partial charge in [0.2, 0.25) is 0 Å². The number of rotatable bonds is 2. The predicted octanol–water partition coefficient (Wildman–Crippen LogP) is 3.62. The maximum Gasteiger partial charge on any atom is 0.165 e. The summed E-state index contributed by atoms with van der Waals surface area (Å²) in [6.07, 6.45) is 0. The van der Waals surface area contributed by atoms with Crippen molar-refractivity contribution in [3.05, 3.63) is 60.4 Å². The molecule has 0 saturated heterocycles. The number of benzene rings is 2. The maximum absolute atomic E-state index is 13.2. The van der Waals surface area contributed by atoms with Crippen molar-refractivity contribution in [3.8, 4) is 11.5 Å². The molecule has 2 heteroatoms. The van der Waals surface area contributed by atoms with Gasteiger partial charge < -0.3 is 4.74 Å². The Labute approximate surface area is 81.8 Å². The van der Waals surface area contributed by atoms with Crippen LogP contribution in [0.3, 0.4) is 0 Å². The maximum atomic E-state index is 13.2. The largest absolute Gasteiger partial charge is 0.454 e. The van der Waals surface area contributed by atoms with Crippen LogP contribution in [0.5, 0.6) is 11.5 Å². The quantitative estimate of drug-likeness (QED) is 0.697. The Hall–Kier alpha value is -1.83. The van der Waals surface area contributed by atoms with E-state index in [0.29, 0.717) is 5.75 Å². The summed E-state index contributed by atoms with van der Waals surface area (Å²) < 4.78 is 18.5. The Kier molecular flexibility index (Phi) is 2.45. The lowest BCUT2D eigenvalue weighted by molar-refractivity contribution is 0.442. The van der Waals surface area contributed by atoms with E-state index in [1.54, 1.807) is 30.3 Å². The van der Waals surface area contributed by atoms with Crippen molar-refractivity contribution >= 4 is 0 Å². The van der Waals surface area contributed by atoms with Crippen LogP contribution in [0.1, 0.15) is 0 Å². The highest BCUT2D eigenvalue weighted by molar-refractivity contribution is 5.31. The average Bonchev–Trinajstić information content (AvgIpc) is 2.23. The highest BCUT2D eigenvalue weighted by Gasteiger charge is 2.01. The van der Waals surface area contributed by atoms with Gasteiger partial charge in [-0.2, -0.15) is 0 Å². The van der Waals surface area contributed by atoms with E-state index in [9.17, 15) is 4.39 Å². The van der Waals surface area contributed by atoms with Gasteiger partial charge in [0, 0.05) is 0 Å². The molecule has 0 aliphatic heterocycles. The highest BCUT2D eigenvalue weighted by Crippen LogP contribution is 2.23. The van der Waals surface area contributed by atoms with Crippen LogP contribution in [-0.4, -0.2) is 0 Å². The summed E-state index contributed by atoms with van der Waals surface area (Å²) in [4.78, 5) is 0. The van der Waals surface area contributed by atoms with Gasteiger partial charge in [0.1, 0.15) is 5.75 Å². The molecular weight excluding hydrogens is 178 g/mol. The molecule has 0 aliphatic rings. The second-order valence-electron chi connectivity index (χ2n) is 2.85. The van der Waals surface area contributed by atoms with E-state index in [0.717, 1.165) is 0 Å². The zero-order chi connectivity index (χ0) is 9.80. The first-order valence-corrected chi connectivity index (χ1v) is 4.34. The van der Waals surface area contributed by atoms with Crippen molar-refractivity contribution < 1.29 is 9.13 Å². The van der Waals surface area contributed by atoms with Crippen molar-refractivity contribution in [3.63, 3.8) is 0 Å². The van der Waals surface area contributed by atoms with Gasteiger partial charge in [-0.25, -0.2) is 4.39 Å². The molecule has 0 heterocycles. The Morgan fingerprint density at radius 1 is 0.786 bits per heavy atom. The first kappa shape index (κ1) is 8.75. The fourth-order valence-electron chi connectivity index (χ4n) is 1.14. The van der Waals surface area contributed by atoms with E-state index < -0.39 is 0 Å². The summed E-state index contributed by atoms with van der Waals surface area (Å²) >= 11 is 0. The van der Waals surface area contributed by atoms with Gasteiger partial charge >= 0.3 is 0 Å². The second kappa shape index (κ2) is 3.92. The van der Waals surface area contributed by atoms with Crippen molar-refractivity contribution in [2.45, 2.75) is 0 Å². The SMILES string of the molecule is [18F]c1ccccc1Oc1ccccc1. The summed E-state index contributed by atoms with van der Waals surface area (Å²) in [5.41, 5.74) is 0. The van der Waals surface area contributed by atoms with Crippen molar-refractivity contribution in [1.82, 2.24) is 0 Å². The van der Waals surface area contributed by atoms with Crippen LogP contribution in [0.15, 0.2) is 54.6 Å². The lowest BCUT2D eigenvalue weighted by Crippen LogP contribution is -1.86. The summed E-state index contributed by atoms with van der Waals surface area (Å²) in [5.74, 6) is 0.535. The molecule has 2 aromatic rings. The van der Waals surface area contributed by atoms with E-state index in [1.807, 2.05) is 18.2 Å². The molecule has 0 aliphatic carbocycles. The number of ether oxygens (including phenoxy) is 1. The highest BCUT2D eigenvalue weighted by atomic mass is 18.2. The number of para-hydroxylation sites is 2. The van der Waals surface area contributed by atoms with Gasteiger partial charge in [-0.1, -0.05) is 30.3 Å². The van der Waals surface area contributed by atoms with Crippen LogP contribution in [0, 0.1) is 5.82 Å². The molecule has 0 unspecified atom stereocenters. The molecule has 14 heavy (non-hydrogen) atoms. The zero-order valence-electron chi connectivity index (χ0n) is 7.48. The Balaban J connectivity index is 2.24. The smallest absolute Gasteiger partial charge is 0.165 e. The third-order valence-electron chi connectivity index (χ3n) is 1.81. The first-order valence-electron chi connectivity index (χ1n) is 4.34. The summed E-state index contributed by atoms with van der Waals surface area (Å²) in [5, 5.41) is 0. The lowest BCUT2D eigenvalue weighted by Gasteiger charge is -2.05. The van der Waals surface area contributed by atoms with Crippen molar-refractivity contribution in [1.29, 1.82) is 0 Å². The Morgan fingerprint density at radius 3 is 2.14 bits per heavy atom. The van der Waals surface area contributed by atoms with Crippen LogP contribution >= 0.6 is 0 Å². The van der Waals surface area contributed by atoms with E-state index in [1.165, 1.54) is 6.07 Å². The monoisotopic (exact) mass is 187 g/mol. The van der Waals surface area contributed by atoms with E-state index in [-0.39, 0.29) is 11.6 Å². The number of hydrogen-bond donors (Lipinski definition) is 0. The minimum Gasteiger partial charge on any atom is -0.454 e. The van der Waals surface area contributed by atoms with Crippen LogP contribution in [-0.2, 0) is 0 Å². The van der Waals surface area contributed by atoms with Gasteiger partial charge in [-0.3, -0.25) is 0 Å². The minimum atomic E-state index is -0.351. The summed E-state index contributed by atoms with van der Waals surface area (Å²) in [6.45, 7) is 0. The average molecular weight is 187 g/mol. The molecule has 2 aromatic carbocycles. The van der Waals surface area contributed by atoms with Gasteiger partial charge in [-0.15, -0.1) is 0 Å². The molecule has 2 rings (SSSR count). The third kappa shape index (κ3) is 1.91. The first-order chi connectivity index (χ1) is 6.86. The predicted molar refractivity (Wildman–Crippen MR) is 52.9 cm³/mol. The molecule has 0 aromatic heterocycles. The van der Waals surface area contributed by atoms with Gasteiger partial charge in [0.05, 0.1) is 0 Å². The standard InChI is InChI=1S/C12H9FO/c13-11-8-4-5-9-12(11)14-10-6-2-1-3-7-10/h1-9H/i13-1. The molecule has 0 N–H and O–H groups in total.